The molecule has 0 spiro atoms. The summed E-state index contributed by atoms with van der Waals surface area (Å²) in [6.45, 7) is 1.33. The summed E-state index contributed by atoms with van der Waals surface area (Å²) in [5.41, 5.74) is 2.16. The topological polar surface area (TPSA) is 32.3 Å². The number of hydrogen-bond donors (Lipinski definition) is 1. The average Bonchev–Trinajstić information content (AvgIpc) is 3.04. The van der Waals surface area contributed by atoms with Crippen molar-refractivity contribution < 1.29 is 9.18 Å². The highest BCUT2D eigenvalue weighted by atomic mass is 19.1. The molecule has 0 aromatic heterocycles. The fourth-order valence-corrected chi connectivity index (χ4v) is 3.08. The van der Waals surface area contributed by atoms with Gasteiger partial charge in [-0.15, -0.1) is 0 Å². The molecule has 0 radical (unpaired) electrons. The lowest BCUT2D eigenvalue weighted by Gasteiger charge is -2.25. The van der Waals surface area contributed by atoms with E-state index in [9.17, 15) is 9.18 Å². The molecule has 1 aliphatic rings. The van der Waals surface area contributed by atoms with Gasteiger partial charge in [0, 0.05) is 19.1 Å². The molecule has 23 heavy (non-hydrogen) atoms. The molecule has 1 atom stereocenters. The van der Waals surface area contributed by atoms with Gasteiger partial charge in [0.25, 0.3) is 0 Å². The fourth-order valence-electron chi connectivity index (χ4n) is 3.08. The molecule has 3 rings (SSSR count). The van der Waals surface area contributed by atoms with Crippen LogP contribution in [0.15, 0.2) is 54.6 Å². The van der Waals surface area contributed by atoms with Crippen LogP contribution >= 0.6 is 0 Å². The summed E-state index contributed by atoms with van der Waals surface area (Å²) in [5.74, 6) is -0.224. The molecule has 2 aromatic rings. The van der Waals surface area contributed by atoms with Gasteiger partial charge in [-0.2, -0.15) is 0 Å². The van der Waals surface area contributed by atoms with Crippen molar-refractivity contribution >= 4 is 6.03 Å². The second-order valence-electron chi connectivity index (χ2n) is 5.96. The van der Waals surface area contributed by atoms with E-state index in [0.717, 1.165) is 36.9 Å². The first kappa shape index (κ1) is 15.5. The summed E-state index contributed by atoms with van der Waals surface area (Å²) < 4.78 is 13.0. The first-order valence-electron chi connectivity index (χ1n) is 8.05. The Morgan fingerprint density at radius 3 is 2.57 bits per heavy atom. The van der Waals surface area contributed by atoms with E-state index in [1.165, 1.54) is 12.1 Å². The van der Waals surface area contributed by atoms with Gasteiger partial charge < -0.3 is 10.2 Å². The molecule has 1 unspecified atom stereocenters. The molecular weight excluding hydrogens is 291 g/mol. The monoisotopic (exact) mass is 312 g/mol. The van der Waals surface area contributed by atoms with Gasteiger partial charge in [-0.25, -0.2) is 9.18 Å². The number of nitrogens with zero attached hydrogens (tertiary/aromatic N) is 1. The van der Waals surface area contributed by atoms with Crippen LogP contribution in [0.2, 0.25) is 0 Å². The summed E-state index contributed by atoms with van der Waals surface area (Å²) in [6.07, 6.45) is 2.79. The van der Waals surface area contributed by atoms with Crippen LogP contribution in [0.25, 0.3) is 0 Å². The van der Waals surface area contributed by atoms with Crippen LogP contribution in [0, 0.1) is 5.82 Å². The van der Waals surface area contributed by atoms with Crippen molar-refractivity contribution in [2.24, 2.45) is 0 Å². The second-order valence-corrected chi connectivity index (χ2v) is 5.96. The summed E-state index contributed by atoms with van der Waals surface area (Å²) in [7, 11) is 0. The fraction of sp³-hybridized carbons (Fsp3) is 0.316. The minimum Gasteiger partial charge on any atom is -0.334 e. The maximum Gasteiger partial charge on any atom is 0.317 e. The van der Waals surface area contributed by atoms with Gasteiger partial charge in [0.2, 0.25) is 0 Å². The van der Waals surface area contributed by atoms with Crippen LogP contribution in [-0.4, -0.2) is 23.5 Å². The van der Waals surface area contributed by atoms with Gasteiger partial charge in [-0.3, -0.25) is 0 Å². The highest BCUT2D eigenvalue weighted by Gasteiger charge is 2.28. The number of carbonyl (C=O) groups is 1. The molecule has 1 heterocycles. The van der Waals surface area contributed by atoms with E-state index in [4.69, 9.17) is 0 Å². The smallest absolute Gasteiger partial charge is 0.317 e. The molecule has 1 aliphatic heterocycles. The van der Waals surface area contributed by atoms with Gasteiger partial charge in [-0.1, -0.05) is 42.5 Å². The Labute approximate surface area is 136 Å². The van der Waals surface area contributed by atoms with E-state index in [1.54, 1.807) is 12.1 Å². The molecule has 0 aliphatic carbocycles. The van der Waals surface area contributed by atoms with Gasteiger partial charge in [0.05, 0.1) is 0 Å². The number of benzene rings is 2. The Morgan fingerprint density at radius 2 is 1.83 bits per heavy atom. The highest BCUT2D eigenvalue weighted by Crippen LogP contribution is 2.21. The third-order valence-electron chi connectivity index (χ3n) is 4.31. The predicted octanol–water partition coefficient (Wildman–Crippen LogP) is 3.74. The highest BCUT2D eigenvalue weighted by molar-refractivity contribution is 5.74. The number of rotatable bonds is 4. The first-order chi connectivity index (χ1) is 11.2. The van der Waals surface area contributed by atoms with Gasteiger partial charge in [0.15, 0.2) is 0 Å². The van der Waals surface area contributed by atoms with Crippen molar-refractivity contribution in [3.05, 3.63) is 71.5 Å². The Hall–Kier alpha value is -2.36. The minimum atomic E-state index is -0.224. The van der Waals surface area contributed by atoms with Crippen LogP contribution in [0.3, 0.4) is 0 Å². The molecule has 1 saturated heterocycles. The van der Waals surface area contributed by atoms with Crippen molar-refractivity contribution in [2.75, 3.05) is 6.54 Å². The summed E-state index contributed by atoms with van der Waals surface area (Å²) in [5, 5.41) is 2.99. The van der Waals surface area contributed by atoms with Crippen molar-refractivity contribution in [3.63, 3.8) is 0 Å². The Kier molecular flexibility index (Phi) is 4.91. The SMILES string of the molecule is O=C(NCc1ccccc1)N1CCCC1Cc1ccc(F)cc1. The van der Waals surface area contributed by atoms with Crippen LogP contribution in [-0.2, 0) is 13.0 Å². The number of carbonyl (C=O) groups excluding carboxylic acids is 1. The Morgan fingerprint density at radius 1 is 1.09 bits per heavy atom. The minimum absolute atomic E-state index is 0.0153. The van der Waals surface area contributed by atoms with Gasteiger partial charge in [0.1, 0.15) is 5.82 Å². The normalized spacial score (nSPS) is 17.3. The lowest BCUT2D eigenvalue weighted by Crippen LogP contribution is -2.43. The molecular formula is C19H21FN2O. The number of halogens is 1. The summed E-state index contributed by atoms with van der Waals surface area (Å²) in [4.78, 5) is 14.3. The van der Waals surface area contributed by atoms with Gasteiger partial charge >= 0.3 is 6.03 Å². The Balaban J connectivity index is 1.57. The number of hydrogen-bond acceptors (Lipinski definition) is 1. The Bertz CT molecular complexity index is 642. The van der Waals surface area contributed by atoms with E-state index in [2.05, 4.69) is 5.32 Å². The number of urea groups is 1. The molecule has 2 aromatic carbocycles. The molecule has 120 valence electrons. The first-order valence-corrected chi connectivity index (χ1v) is 8.05. The number of nitrogens with one attached hydrogen (secondary N) is 1. The van der Waals surface area contributed by atoms with E-state index >= 15 is 0 Å². The average molecular weight is 312 g/mol. The lowest BCUT2D eigenvalue weighted by atomic mass is 10.0. The van der Waals surface area contributed by atoms with E-state index in [-0.39, 0.29) is 17.9 Å². The molecule has 3 nitrogen and oxygen atoms in total. The zero-order chi connectivity index (χ0) is 16.1. The maximum absolute atomic E-state index is 13.0. The van der Waals surface area contributed by atoms with Gasteiger partial charge in [-0.05, 0) is 42.5 Å². The molecule has 1 N–H and O–H groups in total. The molecule has 0 bridgehead atoms. The van der Waals surface area contributed by atoms with Crippen molar-refractivity contribution in [2.45, 2.75) is 31.8 Å². The largest absolute Gasteiger partial charge is 0.334 e. The van der Waals surface area contributed by atoms with E-state index < -0.39 is 0 Å². The van der Waals surface area contributed by atoms with E-state index in [0.29, 0.717) is 6.54 Å². The zero-order valence-corrected chi connectivity index (χ0v) is 13.0. The zero-order valence-electron chi connectivity index (χ0n) is 13.0. The molecule has 4 heteroatoms. The molecule has 1 fully saturated rings. The number of likely N-dealkylation sites (tertiary alicyclic amines) is 1. The third-order valence-corrected chi connectivity index (χ3v) is 4.31. The lowest BCUT2D eigenvalue weighted by molar-refractivity contribution is 0.192. The third kappa shape index (κ3) is 4.09. The van der Waals surface area contributed by atoms with E-state index in [1.807, 2.05) is 35.2 Å². The summed E-state index contributed by atoms with van der Waals surface area (Å²) >= 11 is 0. The number of amides is 2. The van der Waals surface area contributed by atoms with Crippen molar-refractivity contribution in [1.29, 1.82) is 0 Å². The van der Waals surface area contributed by atoms with Crippen LogP contribution in [0.5, 0.6) is 0 Å². The van der Waals surface area contributed by atoms with Crippen molar-refractivity contribution in [1.82, 2.24) is 10.2 Å². The standard InChI is InChI=1S/C19H21FN2O/c20-17-10-8-15(9-11-17)13-18-7-4-12-22(18)19(23)21-14-16-5-2-1-3-6-16/h1-3,5-6,8-11,18H,4,7,12-14H2,(H,21,23). The predicted molar refractivity (Wildman–Crippen MR) is 88.5 cm³/mol. The van der Waals surface area contributed by atoms with Crippen molar-refractivity contribution in [3.8, 4) is 0 Å². The summed E-state index contributed by atoms with van der Waals surface area (Å²) in [6, 6.07) is 16.6. The van der Waals surface area contributed by atoms with Crippen LogP contribution in [0.4, 0.5) is 9.18 Å². The van der Waals surface area contributed by atoms with Crippen LogP contribution < -0.4 is 5.32 Å². The maximum atomic E-state index is 13.0. The quantitative estimate of drug-likeness (QED) is 0.916. The second kappa shape index (κ2) is 7.27. The molecule has 0 saturated carbocycles. The molecule has 2 amide bonds. The van der Waals surface area contributed by atoms with Crippen LogP contribution in [0.1, 0.15) is 24.0 Å².